The van der Waals surface area contributed by atoms with Crippen molar-refractivity contribution in [2.45, 2.75) is 0 Å². The Morgan fingerprint density at radius 2 is 1.65 bits per heavy atom. The van der Waals surface area contributed by atoms with Gasteiger partial charge in [-0.25, -0.2) is 4.68 Å². The van der Waals surface area contributed by atoms with Gasteiger partial charge in [-0.15, -0.1) is 0 Å². The lowest BCUT2D eigenvalue weighted by molar-refractivity contribution is -0.125. The quantitative estimate of drug-likeness (QED) is 0.689. The predicted molar refractivity (Wildman–Crippen MR) is 96.5 cm³/mol. The minimum Gasteiger partial charge on any atom is -0.375 e. The first kappa shape index (κ1) is 17.4. The molecule has 0 aliphatic heterocycles. The van der Waals surface area contributed by atoms with Gasteiger partial charge in [0.2, 0.25) is 0 Å². The highest BCUT2D eigenvalue weighted by Gasteiger charge is 2.19. The Kier molecular flexibility index (Phi) is 5.40. The zero-order chi connectivity index (χ0) is 18.4. The molecule has 1 aromatic heterocycles. The fourth-order valence-corrected chi connectivity index (χ4v) is 2.42. The molecule has 0 radical (unpaired) electrons. The molecule has 2 N–H and O–H groups in total. The number of nitrogens with zero attached hydrogens (tertiary/aromatic N) is 2. The van der Waals surface area contributed by atoms with Crippen LogP contribution in [-0.4, -0.2) is 35.3 Å². The smallest absolute Gasteiger partial charge is 0.273 e. The van der Waals surface area contributed by atoms with E-state index in [9.17, 15) is 9.59 Å². The number of hydrogen-bond acceptors (Lipinski definition) is 4. The third-order valence-corrected chi connectivity index (χ3v) is 3.62. The normalized spacial score (nSPS) is 10.3. The highest BCUT2D eigenvalue weighted by Crippen LogP contribution is 2.23. The van der Waals surface area contributed by atoms with Crippen molar-refractivity contribution in [3.05, 3.63) is 72.4 Å². The number of carbonyl (C=O) groups is 2. The lowest BCUT2D eigenvalue weighted by atomic mass is 10.1. The second-order valence-corrected chi connectivity index (χ2v) is 5.47. The predicted octanol–water partition coefficient (Wildman–Crippen LogP) is 1.95. The molecule has 0 saturated carbocycles. The maximum Gasteiger partial charge on any atom is 0.273 e. The Bertz CT molecular complexity index is 892. The lowest BCUT2D eigenvalue weighted by Gasteiger charge is -2.06. The molecule has 0 aliphatic rings. The number of methoxy groups -OCH3 is 1. The minimum absolute atomic E-state index is 0.144. The molecule has 0 fully saturated rings. The summed E-state index contributed by atoms with van der Waals surface area (Å²) in [4.78, 5) is 24.1. The first-order chi connectivity index (χ1) is 12.7. The molecular formula is C19H18N4O3. The van der Waals surface area contributed by atoms with E-state index >= 15 is 0 Å². The molecule has 26 heavy (non-hydrogen) atoms. The number of para-hydroxylation sites is 1. The molecule has 0 atom stereocenters. The van der Waals surface area contributed by atoms with Crippen LogP contribution in [0.15, 0.2) is 66.9 Å². The molecule has 3 aromatic rings. The highest BCUT2D eigenvalue weighted by atomic mass is 16.5. The van der Waals surface area contributed by atoms with E-state index in [4.69, 9.17) is 4.74 Å². The van der Waals surface area contributed by atoms with E-state index in [-0.39, 0.29) is 6.61 Å². The molecule has 0 aliphatic carbocycles. The minimum atomic E-state index is -0.463. The van der Waals surface area contributed by atoms with E-state index in [1.807, 2.05) is 60.7 Å². The van der Waals surface area contributed by atoms with E-state index in [0.29, 0.717) is 11.3 Å². The summed E-state index contributed by atoms with van der Waals surface area (Å²) in [5.74, 6) is -0.909. The maximum atomic E-state index is 12.6. The maximum absolute atomic E-state index is 12.6. The van der Waals surface area contributed by atoms with Crippen LogP contribution >= 0.6 is 0 Å². The Labute approximate surface area is 150 Å². The Balaban J connectivity index is 1.93. The summed E-state index contributed by atoms with van der Waals surface area (Å²) in [6, 6.07) is 18.9. The first-order valence-corrected chi connectivity index (χ1v) is 7.97. The van der Waals surface area contributed by atoms with E-state index in [2.05, 4.69) is 16.0 Å². The largest absolute Gasteiger partial charge is 0.375 e. The van der Waals surface area contributed by atoms with Gasteiger partial charge >= 0.3 is 0 Å². The molecule has 0 spiro atoms. The van der Waals surface area contributed by atoms with Crippen LogP contribution in [0.25, 0.3) is 16.9 Å². The van der Waals surface area contributed by atoms with Crippen LogP contribution in [0.1, 0.15) is 10.4 Å². The molecule has 7 heteroatoms. The molecule has 0 saturated heterocycles. The SMILES string of the molecule is COCC(=O)NNC(=O)c1cn(-c2ccccc2)nc1-c1ccccc1. The molecule has 0 unspecified atom stereocenters. The van der Waals surface area contributed by atoms with E-state index in [1.54, 1.807) is 10.9 Å². The fraction of sp³-hybridized carbons (Fsp3) is 0.105. The molecule has 132 valence electrons. The van der Waals surface area contributed by atoms with Crippen LogP contribution in [-0.2, 0) is 9.53 Å². The topological polar surface area (TPSA) is 85.3 Å². The van der Waals surface area contributed by atoms with Gasteiger partial charge in [0.25, 0.3) is 11.8 Å². The van der Waals surface area contributed by atoms with Crippen LogP contribution < -0.4 is 10.9 Å². The number of hydrogen-bond donors (Lipinski definition) is 2. The Morgan fingerprint density at radius 1 is 1.00 bits per heavy atom. The van der Waals surface area contributed by atoms with Gasteiger partial charge in [-0.3, -0.25) is 20.4 Å². The average molecular weight is 350 g/mol. The van der Waals surface area contributed by atoms with Crippen molar-refractivity contribution in [2.24, 2.45) is 0 Å². The fourth-order valence-electron chi connectivity index (χ4n) is 2.42. The standard InChI is InChI=1S/C19H18N4O3/c1-26-13-17(24)20-21-19(25)16-12-23(15-10-6-3-7-11-15)22-18(16)14-8-4-2-5-9-14/h2-12H,13H2,1H3,(H,20,24)(H,21,25). The van der Waals surface area contributed by atoms with Crippen molar-refractivity contribution >= 4 is 11.8 Å². The van der Waals surface area contributed by atoms with Crippen LogP contribution in [0, 0.1) is 0 Å². The third-order valence-electron chi connectivity index (χ3n) is 3.62. The number of amides is 2. The molecule has 2 aromatic carbocycles. The van der Waals surface area contributed by atoms with Crippen LogP contribution in [0.3, 0.4) is 0 Å². The molecule has 3 rings (SSSR count). The van der Waals surface area contributed by atoms with Crippen molar-refractivity contribution in [1.82, 2.24) is 20.6 Å². The van der Waals surface area contributed by atoms with Gasteiger partial charge < -0.3 is 4.74 Å². The van der Waals surface area contributed by atoms with Crippen molar-refractivity contribution in [3.8, 4) is 16.9 Å². The number of nitrogens with one attached hydrogen (secondary N) is 2. The second-order valence-electron chi connectivity index (χ2n) is 5.47. The molecule has 2 amide bonds. The summed E-state index contributed by atoms with van der Waals surface area (Å²) >= 11 is 0. The number of ether oxygens (including phenoxy) is 1. The van der Waals surface area contributed by atoms with Crippen molar-refractivity contribution in [2.75, 3.05) is 13.7 Å². The lowest BCUT2D eigenvalue weighted by Crippen LogP contribution is -2.43. The van der Waals surface area contributed by atoms with Gasteiger partial charge in [0.15, 0.2) is 0 Å². The van der Waals surface area contributed by atoms with Gasteiger partial charge in [0.05, 0.1) is 11.3 Å². The Morgan fingerprint density at radius 3 is 2.31 bits per heavy atom. The van der Waals surface area contributed by atoms with E-state index in [1.165, 1.54) is 7.11 Å². The van der Waals surface area contributed by atoms with Crippen molar-refractivity contribution in [3.63, 3.8) is 0 Å². The van der Waals surface area contributed by atoms with E-state index in [0.717, 1.165) is 11.3 Å². The summed E-state index contributed by atoms with van der Waals surface area (Å²) in [6.45, 7) is -0.144. The second kappa shape index (κ2) is 8.09. The monoisotopic (exact) mass is 350 g/mol. The molecule has 0 bridgehead atoms. The molecule has 1 heterocycles. The average Bonchev–Trinajstić information content (AvgIpc) is 3.13. The van der Waals surface area contributed by atoms with Gasteiger partial charge in [-0.05, 0) is 12.1 Å². The van der Waals surface area contributed by atoms with Crippen LogP contribution in [0.4, 0.5) is 0 Å². The van der Waals surface area contributed by atoms with Gasteiger partial charge in [0.1, 0.15) is 12.3 Å². The third kappa shape index (κ3) is 3.96. The zero-order valence-electron chi connectivity index (χ0n) is 14.2. The number of carbonyl (C=O) groups excluding carboxylic acids is 2. The molecular weight excluding hydrogens is 332 g/mol. The number of hydrazine groups is 1. The van der Waals surface area contributed by atoms with Crippen LogP contribution in [0.2, 0.25) is 0 Å². The van der Waals surface area contributed by atoms with Gasteiger partial charge in [0, 0.05) is 18.9 Å². The summed E-state index contributed by atoms with van der Waals surface area (Å²) in [5, 5.41) is 4.55. The highest BCUT2D eigenvalue weighted by molar-refractivity contribution is 6.00. The number of aromatic nitrogens is 2. The number of benzene rings is 2. The van der Waals surface area contributed by atoms with Crippen molar-refractivity contribution in [1.29, 1.82) is 0 Å². The first-order valence-electron chi connectivity index (χ1n) is 7.97. The summed E-state index contributed by atoms with van der Waals surface area (Å²) < 4.78 is 6.35. The van der Waals surface area contributed by atoms with Crippen LogP contribution in [0.5, 0.6) is 0 Å². The summed E-state index contributed by atoms with van der Waals surface area (Å²) in [7, 11) is 1.40. The zero-order valence-corrected chi connectivity index (χ0v) is 14.2. The molecule has 7 nitrogen and oxygen atoms in total. The van der Waals surface area contributed by atoms with Crippen molar-refractivity contribution < 1.29 is 14.3 Å². The number of rotatable bonds is 5. The van der Waals surface area contributed by atoms with E-state index < -0.39 is 11.8 Å². The van der Waals surface area contributed by atoms with Gasteiger partial charge in [-0.1, -0.05) is 48.5 Å². The Hall–Kier alpha value is -3.45. The summed E-state index contributed by atoms with van der Waals surface area (Å²) in [5.41, 5.74) is 7.19. The summed E-state index contributed by atoms with van der Waals surface area (Å²) in [6.07, 6.45) is 1.63. The van der Waals surface area contributed by atoms with Gasteiger partial charge in [-0.2, -0.15) is 5.10 Å².